The van der Waals surface area contributed by atoms with Crippen LogP contribution in [0, 0.1) is 11.8 Å². The highest BCUT2D eigenvalue weighted by Crippen LogP contribution is 2.38. The van der Waals surface area contributed by atoms with Crippen LogP contribution in [0.15, 0.2) is 24.3 Å². The lowest BCUT2D eigenvalue weighted by atomic mass is 10.1. The van der Waals surface area contributed by atoms with E-state index in [2.05, 4.69) is 6.92 Å². The molecule has 1 fully saturated rings. The lowest BCUT2D eigenvalue weighted by molar-refractivity contribution is 0.0693. The number of aromatic carboxylic acids is 1. The quantitative estimate of drug-likeness (QED) is 0.899. The number of hydrogen-bond acceptors (Lipinski definition) is 2. The van der Waals surface area contributed by atoms with Crippen LogP contribution in [-0.2, 0) is 0 Å². The Labute approximate surface area is 119 Å². The maximum absolute atomic E-state index is 12.6. The summed E-state index contributed by atoms with van der Waals surface area (Å²) >= 11 is 0. The monoisotopic (exact) mass is 275 g/mol. The Kier molecular flexibility index (Phi) is 4.12. The van der Waals surface area contributed by atoms with Crippen molar-refractivity contribution in [2.75, 3.05) is 6.54 Å². The smallest absolute Gasteiger partial charge is 0.335 e. The van der Waals surface area contributed by atoms with Gasteiger partial charge in [0.15, 0.2) is 0 Å². The van der Waals surface area contributed by atoms with Crippen molar-refractivity contribution in [2.45, 2.75) is 33.2 Å². The predicted octanol–water partition coefficient (Wildman–Crippen LogP) is 2.89. The van der Waals surface area contributed by atoms with E-state index in [0.29, 0.717) is 17.4 Å². The van der Waals surface area contributed by atoms with Crippen molar-refractivity contribution in [3.05, 3.63) is 35.4 Å². The highest BCUT2D eigenvalue weighted by molar-refractivity contribution is 5.97. The number of hydrogen-bond donors (Lipinski definition) is 1. The van der Waals surface area contributed by atoms with E-state index in [9.17, 15) is 9.59 Å². The summed E-state index contributed by atoms with van der Waals surface area (Å²) in [6, 6.07) is 6.37. The molecule has 0 radical (unpaired) electrons. The molecule has 1 N–H and O–H groups in total. The Balaban J connectivity index is 2.18. The van der Waals surface area contributed by atoms with E-state index in [1.165, 1.54) is 18.6 Å². The van der Waals surface area contributed by atoms with Gasteiger partial charge in [0.1, 0.15) is 0 Å². The minimum absolute atomic E-state index is 0.0813. The highest BCUT2D eigenvalue weighted by atomic mass is 16.4. The summed E-state index contributed by atoms with van der Waals surface area (Å²) in [6.07, 6.45) is 1.17. The largest absolute Gasteiger partial charge is 0.478 e. The SMILES string of the molecule is CC(C)N(C[C@@H]1C[C@H]1C)C(=O)c1cccc(C(=O)O)c1. The molecule has 0 unspecified atom stereocenters. The fraction of sp³-hybridized carbons (Fsp3) is 0.500. The van der Waals surface area contributed by atoms with Crippen molar-refractivity contribution in [1.82, 2.24) is 4.90 Å². The predicted molar refractivity (Wildman–Crippen MR) is 76.8 cm³/mol. The molecule has 1 aromatic rings. The third kappa shape index (κ3) is 3.18. The highest BCUT2D eigenvalue weighted by Gasteiger charge is 2.36. The molecule has 1 aliphatic rings. The van der Waals surface area contributed by atoms with E-state index < -0.39 is 5.97 Å². The van der Waals surface area contributed by atoms with Crippen LogP contribution in [0.1, 0.15) is 47.9 Å². The number of carboxylic acid groups (broad SMARTS) is 1. The van der Waals surface area contributed by atoms with Crippen molar-refractivity contribution >= 4 is 11.9 Å². The standard InChI is InChI=1S/C16H21NO3/c1-10(2)17(9-14-7-11(14)3)15(18)12-5-4-6-13(8-12)16(19)20/h4-6,8,10-11,14H,7,9H2,1-3H3,(H,19,20)/t11-,14+/m1/s1. The van der Waals surface area contributed by atoms with Crippen molar-refractivity contribution in [2.24, 2.45) is 11.8 Å². The molecule has 0 aromatic heterocycles. The first-order valence-electron chi connectivity index (χ1n) is 7.04. The maximum atomic E-state index is 12.6. The molecule has 0 spiro atoms. The van der Waals surface area contributed by atoms with Gasteiger partial charge in [-0.3, -0.25) is 4.79 Å². The van der Waals surface area contributed by atoms with Crippen molar-refractivity contribution < 1.29 is 14.7 Å². The molecule has 0 heterocycles. The van der Waals surface area contributed by atoms with Crippen LogP contribution in [0.5, 0.6) is 0 Å². The van der Waals surface area contributed by atoms with E-state index in [1.54, 1.807) is 12.1 Å². The van der Waals surface area contributed by atoms with Crippen LogP contribution in [0.4, 0.5) is 0 Å². The van der Waals surface area contributed by atoms with Gasteiger partial charge in [0.25, 0.3) is 5.91 Å². The van der Waals surface area contributed by atoms with Gasteiger partial charge in [-0.25, -0.2) is 4.79 Å². The zero-order valence-corrected chi connectivity index (χ0v) is 12.2. The molecule has 0 saturated heterocycles. The summed E-state index contributed by atoms with van der Waals surface area (Å²) < 4.78 is 0. The first-order chi connectivity index (χ1) is 9.40. The summed E-state index contributed by atoms with van der Waals surface area (Å²) in [5.74, 6) is 0.187. The average Bonchev–Trinajstić information content (AvgIpc) is 3.10. The van der Waals surface area contributed by atoms with Gasteiger partial charge in [-0.05, 0) is 50.3 Å². The van der Waals surface area contributed by atoms with Crippen LogP contribution < -0.4 is 0 Å². The van der Waals surface area contributed by atoms with Gasteiger partial charge in [-0.1, -0.05) is 13.0 Å². The minimum atomic E-state index is -1.01. The topological polar surface area (TPSA) is 57.6 Å². The molecule has 1 saturated carbocycles. The zero-order valence-electron chi connectivity index (χ0n) is 12.2. The lowest BCUT2D eigenvalue weighted by Crippen LogP contribution is -2.38. The number of carboxylic acids is 1. The van der Waals surface area contributed by atoms with Crippen LogP contribution in [0.25, 0.3) is 0 Å². The molecule has 4 heteroatoms. The number of benzene rings is 1. The van der Waals surface area contributed by atoms with Crippen LogP contribution >= 0.6 is 0 Å². The van der Waals surface area contributed by atoms with Gasteiger partial charge >= 0.3 is 5.97 Å². The number of rotatable bonds is 5. The van der Waals surface area contributed by atoms with Crippen LogP contribution in [0.3, 0.4) is 0 Å². The fourth-order valence-corrected chi connectivity index (χ4v) is 2.39. The molecule has 0 bridgehead atoms. The van der Waals surface area contributed by atoms with E-state index in [0.717, 1.165) is 6.54 Å². The molecule has 20 heavy (non-hydrogen) atoms. The first kappa shape index (κ1) is 14.6. The normalized spacial score (nSPS) is 20.8. The third-order valence-electron chi connectivity index (χ3n) is 3.95. The van der Waals surface area contributed by atoms with Crippen molar-refractivity contribution in [3.63, 3.8) is 0 Å². The lowest BCUT2D eigenvalue weighted by Gasteiger charge is -2.27. The van der Waals surface area contributed by atoms with E-state index in [4.69, 9.17) is 5.11 Å². The number of nitrogens with zero attached hydrogens (tertiary/aromatic N) is 1. The summed E-state index contributed by atoms with van der Waals surface area (Å²) in [7, 11) is 0. The average molecular weight is 275 g/mol. The Morgan fingerprint density at radius 2 is 1.95 bits per heavy atom. The van der Waals surface area contributed by atoms with Gasteiger partial charge in [0.2, 0.25) is 0 Å². The first-order valence-corrected chi connectivity index (χ1v) is 7.04. The molecular weight excluding hydrogens is 254 g/mol. The molecule has 1 amide bonds. The van der Waals surface area contributed by atoms with Crippen molar-refractivity contribution in [3.8, 4) is 0 Å². The third-order valence-corrected chi connectivity index (χ3v) is 3.95. The van der Waals surface area contributed by atoms with Gasteiger partial charge in [-0.2, -0.15) is 0 Å². The van der Waals surface area contributed by atoms with E-state index in [1.807, 2.05) is 18.7 Å². The fourth-order valence-electron chi connectivity index (χ4n) is 2.39. The second kappa shape index (κ2) is 5.65. The second-order valence-corrected chi connectivity index (χ2v) is 5.91. The van der Waals surface area contributed by atoms with Gasteiger partial charge in [0.05, 0.1) is 5.56 Å². The molecular formula is C16H21NO3. The molecule has 0 aliphatic heterocycles. The minimum Gasteiger partial charge on any atom is -0.478 e. The Bertz CT molecular complexity index is 524. The summed E-state index contributed by atoms with van der Waals surface area (Å²) in [4.78, 5) is 25.4. The number of carbonyl (C=O) groups is 2. The summed E-state index contributed by atoms with van der Waals surface area (Å²) in [5, 5.41) is 9.00. The molecule has 1 aliphatic carbocycles. The molecule has 108 valence electrons. The van der Waals surface area contributed by atoms with Gasteiger partial charge < -0.3 is 10.0 Å². The second-order valence-electron chi connectivity index (χ2n) is 5.91. The Morgan fingerprint density at radius 3 is 2.45 bits per heavy atom. The summed E-state index contributed by atoms with van der Waals surface area (Å²) in [6.45, 7) is 6.94. The van der Waals surface area contributed by atoms with Gasteiger partial charge in [-0.15, -0.1) is 0 Å². The number of amides is 1. The molecule has 1 aromatic carbocycles. The molecule has 2 atom stereocenters. The van der Waals surface area contributed by atoms with Crippen LogP contribution in [-0.4, -0.2) is 34.5 Å². The molecule has 2 rings (SSSR count). The van der Waals surface area contributed by atoms with Crippen molar-refractivity contribution in [1.29, 1.82) is 0 Å². The Morgan fingerprint density at radius 1 is 1.35 bits per heavy atom. The summed E-state index contributed by atoms with van der Waals surface area (Å²) in [5.41, 5.74) is 0.603. The van der Waals surface area contributed by atoms with Gasteiger partial charge in [0, 0.05) is 18.2 Å². The Hall–Kier alpha value is -1.84. The zero-order chi connectivity index (χ0) is 14.9. The number of carbonyl (C=O) groups excluding carboxylic acids is 1. The van der Waals surface area contributed by atoms with Crippen LogP contribution in [0.2, 0.25) is 0 Å². The van der Waals surface area contributed by atoms with E-state index in [-0.39, 0.29) is 17.5 Å². The maximum Gasteiger partial charge on any atom is 0.335 e. The van der Waals surface area contributed by atoms with E-state index >= 15 is 0 Å². The molecule has 4 nitrogen and oxygen atoms in total.